The lowest BCUT2D eigenvalue weighted by Crippen LogP contribution is -2.35. The zero-order valence-corrected chi connectivity index (χ0v) is 16.3. The van der Waals surface area contributed by atoms with Crippen molar-refractivity contribution in [3.63, 3.8) is 0 Å². The molecule has 7 nitrogen and oxygen atoms in total. The Labute approximate surface area is 161 Å². The van der Waals surface area contributed by atoms with E-state index >= 15 is 0 Å². The third-order valence-corrected chi connectivity index (χ3v) is 5.33. The van der Waals surface area contributed by atoms with E-state index in [1.54, 1.807) is 4.52 Å². The van der Waals surface area contributed by atoms with Gasteiger partial charge >= 0.3 is 0 Å². The number of hydrogen-bond acceptors (Lipinski definition) is 6. The third kappa shape index (κ3) is 3.49. The second kappa shape index (κ2) is 7.19. The molecule has 27 heavy (non-hydrogen) atoms. The number of hydrogen-bond donors (Lipinski definition) is 1. The zero-order chi connectivity index (χ0) is 19.0. The highest BCUT2D eigenvalue weighted by Gasteiger charge is 2.23. The van der Waals surface area contributed by atoms with Crippen LogP contribution in [0.2, 0.25) is 0 Å². The predicted octanol–water partition coefficient (Wildman–Crippen LogP) is 2.13. The molecule has 8 heteroatoms. The number of aryl methyl sites for hydroxylation is 2. The second-order valence-corrected chi connectivity index (χ2v) is 7.38. The van der Waals surface area contributed by atoms with Crippen LogP contribution >= 0.6 is 11.8 Å². The maximum atomic E-state index is 12.5. The molecule has 3 heterocycles. The van der Waals surface area contributed by atoms with Gasteiger partial charge in [0.15, 0.2) is 0 Å². The van der Waals surface area contributed by atoms with E-state index in [4.69, 9.17) is 4.74 Å². The number of carbonyl (C=O) groups excluding carboxylic acids is 1. The van der Waals surface area contributed by atoms with Crippen molar-refractivity contribution < 1.29 is 9.53 Å². The number of thioether (sulfide) groups is 1. The maximum Gasteiger partial charge on any atom is 0.253 e. The molecule has 140 valence electrons. The number of nitrogens with one attached hydrogen (secondary N) is 1. The van der Waals surface area contributed by atoms with Crippen molar-refractivity contribution in [1.29, 1.82) is 0 Å². The second-order valence-electron chi connectivity index (χ2n) is 6.60. The van der Waals surface area contributed by atoms with Gasteiger partial charge in [-0.15, -0.1) is 5.10 Å². The highest BCUT2D eigenvalue weighted by Crippen LogP contribution is 2.27. The third-order valence-electron chi connectivity index (χ3n) is 4.79. The fourth-order valence-corrected chi connectivity index (χ4v) is 3.69. The Morgan fingerprint density at radius 1 is 1.33 bits per heavy atom. The minimum Gasteiger partial charge on any atom is -0.488 e. The van der Waals surface area contributed by atoms with E-state index in [0.717, 1.165) is 29.1 Å². The van der Waals surface area contributed by atoms with E-state index in [0.29, 0.717) is 17.5 Å². The first-order valence-corrected chi connectivity index (χ1v) is 10.1. The normalized spacial score (nSPS) is 15.6. The predicted molar refractivity (Wildman–Crippen MR) is 103 cm³/mol. The van der Waals surface area contributed by atoms with E-state index in [-0.39, 0.29) is 18.4 Å². The number of nitrogens with zero attached hydrogens (tertiary/aromatic N) is 4. The molecule has 1 N–H and O–H groups in total. The van der Waals surface area contributed by atoms with Crippen LogP contribution in [0.1, 0.15) is 22.5 Å². The lowest BCUT2D eigenvalue weighted by atomic mass is 10.1. The average Bonchev–Trinajstić information content (AvgIpc) is 3.26. The summed E-state index contributed by atoms with van der Waals surface area (Å²) in [6.07, 6.45) is 2.98. The molecule has 2 aromatic heterocycles. The Morgan fingerprint density at radius 2 is 2.15 bits per heavy atom. The van der Waals surface area contributed by atoms with Gasteiger partial charge in [0.05, 0.1) is 13.0 Å². The Hall–Kier alpha value is -2.61. The Balaban J connectivity index is 1.42. The van der Waals surface area contributed by atoms with Gasteiger partial charge in [0.25, 0.3) is 5.78 Å². The zero-order valence-electron chi connectivity index (χ0n) is 15.5. The highest BCUT2D eigenvalue weighted by atomic mass is 32.2. The van der Waals surface area contributed by atoms with Gasteiger partial charge in [-0.1, -0.05) is 30.0 Å². The molecule has 1 atom stereocenters. The first-order chi connectivity index (χ1) is 13.0. The number of aromatic nitrogens is 4. The van der Waals surface area contributed by atoms with Crippen LogP contribution in [0.5, 0.6) is 5.75 Å². The van der Waals surface area contributed by atoms with Gasteiger partial charge in [0, 0.05) is 23.4 Å². The molecule has 1 aromatic carbocycles. The molecule has 4 rings (SSSR count). The quantitative estimate of drug-likeness (QED) is 0.680. The van der Waals surface area contributed by atoms with Crippen LogP contribution in [0.15, 0.2) is 29.4 Å². The molecular formula is C19H21N5O2S. The molecule has 3 aromatic rings. The summed E-state index contributed by atoms with van der Waals surface area (Å²) < 4.78 is 7.58. The van der Waals surface area contributed by atoms with Crippen LogP contribution in [0.3, 0.4) is 0 Å². The Morgan fingerprint density at radius 3 is 2.93 bits per heavy atom. The topological polar surface area (TPSA) is 81.4 Å². The summed E-state index contributed by atoms with van der Waals surface area (Å²) in [5.74, 6) is 1.43. The summed E-state index contributed by atoms with van der Waals surface area (Å²) in [6, 6.07) is 7.99. The molecule has 0 spiro atoms. The van der Waals surface area contributed by atoms with Crippen LogP contribution in [-0.2, 0) is 17.6 Å². The van der Waals surface area contributed by atoms with Crippen molar-refractivity contribution >= 4 is 23.4 Å². The standard InChI is InChI=1S/C19H21N5O2S/c1-11-15(12(2)24-18(21-11)22-19(23-24)27-3)9-17(25)20-10-14-8-13-6-4-5-7-16(13)26-14/h4-7,14H,8-10H2,1-3H3,(H,20,25). The van der Waals surface area contributed by atoms with Crippen molar-refractivity contribution in [2.75, 3.05) is 12.8 Å². The molecule has 0 fully saturated rings. The van der Waals surface area contributed by atoms with Gasteiger partial charge < -0.3 is 10.1 Å². The van der Waals surface area contributed by atoms with E-state index in [1.165, 1.54) is 17.3 Å². The van der Waals surface area contributed by atoms with Gasteiger partial charge in [-0.05, 0) is 31.7 Å². The summed E-state index contributed by atoms with van der Waals surface area (Å²) in [5, 5.41) is 8.08. The van der Waals surface area contributed by atoms with Gasteiger partial charge in [-0.3, -0.25) is 4.79 Å². The molecule has 0 saturated heterocycles. The van der Waals surface area contributed by atoms with Crippen molar-refractivity contribution in [3.8, 4) is 5.75 Å². The number of ether oxygens (including phenoxy) is 1. The number of para-hydroxylation sites is 1. The molecule has 1 unspecified atom stereocenters. The van der Waals surface area contributed by atoms with Crippen LogP contribution < -0.4 is 10.1 Å². The van der Waals surface area contributed by atoms with Crippen LogP contribution in [-0.4, -0.2) is 44.4 Å². The number of carbonyl (C=O) groups is 1. The molecule has 1 aliphatic rings. The highest BCUT2D eigenvalue weighted by molar-refractivity contribution is 7.98. The monoisotopic (exact) mass is 383 g/mol. The molecule has 0 radical (unpaired) electrons. The number of fused-ring (bicyclic) bond motifs is 2. The van der Waals surface area contributed by atoms with E-state index in [9.17, 15) is 4.79 Å². The summed E-state index contributed by atoms with van der Waals surface area (Å²) >= 11 is 1.47. The number of rotatable bonds is 5. The molecule has 0 bridgehead atoms. The largest absolute Gasteiger partial charge is 0.488 e. The van der Waals surface area contributed by atoms with Crippen LogP contribution in [0, 0.1) is 13.8 Å². The summed E-state index contributed by atoms with van der Waals surface area (Å²) in [6.45, 7) is 4.33. The van der Waals surface area contributed by atoms with Gasteiger partial charge in [0.2, 0.25) is 11.1 Å². The minimum atomic E-state index is -0.0490. The molecule has 0 aliphatic carbocycles. The molecule has 1 amide bonds. The van der Waals surface area contributed by atoms with Gasteiger partial charge in [-0.25, -0.2) is 9.50 Å². The molecular weight excluding hydrogens is 362 g/mol. The van der Waals surface area contributed by atoms with Crippen molar-refractivity contribution in [1.82, 2.24) is 24.9 Å². The summed E-state index contributed by atoms with van der Waals surface area (Å²) in [7, 11) is 0. The lowest BCUT2D eigenvalue weighted by molar-refractivity contribution is -0.120. The fourth-order valence-electron chi connectivity index (χ4n) is 3.35. The minimum absolute atomic E-state index is 0.0198. The Bertz CT molecular complexity index is 992. The average molecular weight is 383 g/mol. The van der Waals surface area contributed by atoms with Crippen molar-refractivity contribution in [3.05, 3.63) is 46.8 Å². The lowest BCUT2D eigenvalue weighted by Gasteiger charge is -2.13. The first kappa shape index (κ1) is 17.8. The summed E-state index contributed by atoms with van der Waals surface area (Å²) in [5.41, 5.74) is 3.77. The Kier molecular flexibility index (Phi) is 4.73. The molecule has 1 aliphatic heterocycles. The SMILES string of the molecule is CSc1nc2nc(C)c(CC(=O)NCC3Cc4ccccc4O3)c(C)n2n1. The van der Waals surface area contributed by atoms with Crippen molar-refractivity contribution in [2.24, 2.45) is 0 Å². The first-order valence-electron chi connectivity index (χ1n) is 8.83. The van der Waals surface area contributed by atoms with Gasteiger partial charge in [0.1, 0.15) is 11.9 Å². The number of benzene rings is 1. The number of amides is 1. The molecule has 0 saturated carbocycles. The van der Waals surface area contributed by atoms with Gasteiger partial charge in [-0.2, -0.15) is 4.98 Å². The fraction of sp³-hybridized carbons (Fsp3) is 0.368. The maximum absolute atomic E-state index is 12.5. The van der Waals surface area contributed by atoms with E-state index < -0.39 is 0 Å². The summed E-state index contributed by atoms with van der Waals surface area (Å²) in [4.78, 5) is 21.4. The van der Waals surface area contributed by atoms with E-state index in [2.05, 4.69) is 26.4 Å². The smallest absolute Gasteiger partial charge is 0.253 e. The van der Waals surface area contributed by atoms with Crippen LogP contribution in [0.4, 0.5) is 0 Å². The van der Waals surface area contributed by atoms with Crippen molar-refractivity contribution in [2.45, 2.75) is 37.9 Å². The van der Waals surface area contributed by atoms with E-state index in [1.807, 2.05) is 38.3 Å². The van der Waals surface area contributed by atoms with Crippen LogP contribution in [0.25, 0.3) is 5.78 Å².